The van der Waals surface area contributed by atoms with Crippen molar-refractivity contribution < 1.29 is 4.79 Å². The molecule has 0 atom stereocenters. The van der Waals surface area contributed by atoms with E-state index in [4.69, 9.17) is 23.2 Å². The van der Waals surface area contributed by atoms with Crippen molar-refractivity contribution in [2.24, 2.45) is 5.41 Å². The van der Waals surface area contributed by atoms with Gasteiger partial charge in [0, 0.05) is 15.4 Å². The Labute approximate surface area is 120 Å². The molecule has 0 aliphatic heterocycles. The SMILES string of the molecule is Cc1cc(Br)c(NC(=O)C(C)(C)CCl)cc1Cl. The molecule has 0 fully saturated rings. The lowest BCUT2D eigenvalue weighted by molar-refractivity contribution is -0.122. The number of aryl methyl sites for hydroxylation is 1. The fraction of sp³-hybridized carbons (Fsp3) is 0.417. The molecule has 0 radical (unpaired) electrons. The Kier molecular flexibility index (Phi) is 4.87. The molecule has 1 amide bonds. The Morgan fingerprint density at radius 2 is 2.06 bits per heavy atom. The summed E-state index contributed by atoms with van der Waals surface area (Å²) in [4.78, 5) is 12.0. The highest BCUT2D eigenvalue weighted by atomic mass is 79.9. The second-order valence-corrected chi connectivity index (χ2v) is 6.08. The van der Waals surface area contributed by atoms with E-state index in [0.717, 1.165) is 10.0 Å². The van der Waals surface area contributed by atoms with Crippen LogP contribution in [0.25, 0.3) is 0 Å². The van der Waals surface area contributed by atoms with E-state index in [1.165, 1.54) is 0 Å². The zero-order valence-electron chi connectivity index (χ0n) is 9.90. The van der Waals surface area contributed by atoms with Crippen molar-refractivity contribution in [3.05, 3.63) is 27.2 Å². The van der Waals surface area contributed by atoms with Crippen LogP contribution in [0.2, 0.25) is 5.02 Å². The third kappa shape index (κ3) is 3.60. The van der Waals surface area contributed by atoms with Gasteiger partial charge in [0.25, 0.3) is 0 Å². The number of carbonyl (C=O) groups is 1. The lowest BCUT2D eigenvalue weighted by atomic mass is 9.95. The van der Waals surface area contributed by atoms with Gasteiger partial charge in [-0.15, -0.1) is 11.6 Å². The smallest absolute Gasteiger partial charge is 0.231 e. The van der Waals surface area contributed by atoms with Gasteiger partial charge in [0.2, 0.25) is 5.91 Å². The fourth-order valence-electron chi connectivity index (χ4n) is 1.09. The highest BCUT2D eigenvalue weighted by Crippen LogP contribution is 2.30. The van der Waals surface area contributed by atoms with Crippen LogP contribution < -0.4 is 5.32 Å². The predicted octanol–water partition coefficient (Wildman–Crippen LogP) is 4.61. The van der Waals surface area contributed by atoms with Gasteiger partial charge >= 0.3 is 0 Å². The van der Waals surface area contributed by atoms with Crippen LogP contribution in [0.3, 0.4) is 0 Å². The molecule has 0 aromatic heterocycles. The number of hydrogen-bond acceptors (Lipinski definition) is 1. The van der Waals surface area contributed by atoms with Gasteiger partial charge in [-0.3, -0.25) is 4.79 Å². The highest BCUT2D eigenvalue weighted by molar-refractivity contribution is 9.10. The van der Waals surface area contributed by atoms with Crippen molar-refractivity contribution in [2.45, 2.75) is 20.8 Å². The average Bonchev–Trinajstić information content (AvgIpc) is 2.25. The molecule has 0 unspecified atom stereocenters. The zero-order valence-corrected chi connectivity index (χ0v) is 13.0. The van der Waals surface area contributed by atoms with Crippen molar-refractivity contribution in [3.8, 4) is 0 Å². The van der Waals surface area contributed by atoms with Gasteiger partial charge in [-0.05, 0) is 54.4 Å². The summed E-state index contributed by atoms with van der Waals surface area (Å²) in [5.41, 5.74) is 0.996. The molecular formula is C12H14BrCl2NO. The van der Waals surface area contributed by atoms with E-state index in [1.807, 2.05) is 13.0 Å². The number of halogens is 3. The summed E-state index contributed by atoms with van der Waals surface area (Å²) in [7, 11) is 0. The molecule has 0 heterocycles. The van der Waals surface area contributed by atoms with E-state index in [1.54, 1.807) is 19.9 Å². The number of amides is 1. The van der Waals surface area contributed by atoms with E-state index in [0.29, 0.717) is 10.7 Å². The molecule has 2 nitrogen and oxygen atoms in total. The van der Waals surface area contributed by atoms with Crippen LogP contribution in [-0.2, 0) is 4.79 Å². The van der Waals surface area contributed by atoms with Crippen LogP contribution in [-0.4, -0.2) is 11.8 Å². The topological polar surface area (TPSA) is 29.1 Å². The van der Waals surface area contributed by atoms with Crippen LogP contribution in [0.5, 0.6) is 0 Å². The maximum atomic E-state index is 12.0. The van der Waals surface area contributed by atoms with Gasteiger partial charge in [0.1, 0.15) is 0 Å². The molecule has 94 valence electrons. The van der Waals surface area contributed by atoms with E-state index >= 15 is 0 Å². The molecule has 1 aromatic carbocycles. The van der Waals surface area contributed by atoms with E-state index in [-0.39, 0.29) is 11.8 Å². The number of nitrogens with one attached hydrogen (secondary N) is 1. The summed E-state index contributed by atoms with van der Waals surface area (Å²) in [5, 5.41) is 3.43. The van der Waals surface area contributed by atoms with Crippen LogP contribution in [0.15, 0.2) is 16.6 Å². The largest absolute Gasteiger partial charge is 0.325 e. The van der Waals surface area contributed by atoms with Gasteiger partial charge in [-0.25, -0.2) is 0 Å². The summed E-state index contributed by atoms with van der Waals surface area (Å²) >= 11 is 15.2. The molecule has 1 aromatic rings. The summed E-state index contributed by atoms with van der Waals surface area (Å²) in [6.07, 6.45) is 0. The van der Waals surface area contributed by atoms with Gasteiger partial charge in [0.05, 0.1) is 11.1 Å². The first-order valence-electron chi connectivity index (χ1n) is 5.11. The fourth-order valence-corrected chi connectivity index (χ4v) is 1.94. The van der Waals surface area contributed by atoms with Crippen molar-refractivity contribution in [2.75, 3.05) is 11.2 Å². The third-order valence-corrected chi connectivity index (χ3v) is 4.18. The normalized spacial score (nSPS) is 11.4. The standard InChI is InChI=1S/C12H14BrCl2NO/c1-7-4-8(13)10(5-9(7)15)16-11(17)12(2,3)6-14/h4-5H,6H2,1-3H3,(H,16,17). The molecule has 17 heavy (non-hydrogen) atoms. The van der Waals surface area contributed by atoms with Crippen molar-refractivity contribution in [3.63, 3.8) is 0 Å². The Morgan fingerprint density at radius 3 is 2.59 bits per heavy atom. The Bertz CT molecular complexity index is 446. The molecular weight excluding hydrogens is 325 g/mol. The monoisotopic (exact) mass is 337 g/mol. The van der Waals surface area contributed by atoms with Crippen LogP contribution in [0, 0.1) is 12.3 Å². The van der Waals surface area contributed by atoms with Crippen LogP contribution in [0.4, 0.5) is 5.69 Å². The molecule has 0 bridgehead atoms. The summed E-state index contributed by atoms with van der Waals surface area (Å²) < 4.78 is 0.804. The second kappa shape index (κ2) is 5.59. The van der Waals surface area contributed by atoms with Crippen LogP contribution >= 0.6 is 39.1 Å². The number of anilines is 1. The van der Waals surface area contributed by atoms with E-state index in [2.05, 4.69) is 21.2 Å². The number of carbonyl (C=O) groups excluding carboxylic acids is 1. The Hall–Kier alpha value is -0.250. The number of rotatable bonds is 3. The Morgan fingerprint density at radius 1 is 1.47 bits per heavy atom. The highest BCUT2D eigenvalue weighted by Gasteiger charge is 2.27. The minimum Gasteiger partial charge on any atom is -0.325 e. The maximum absolute atomic E-state index is 12.0. The average molecular weight is 339 g/mol. The number of alkyl halides is 1. The van der Waals surface area contributed by atoms with Gasteiger partial charge in [-0.2, -0.15) is 0 Å². The predicted molar refractivity (Wildman–Crippen MR) is 77.0 cm³/mol. The van der Waals surface area contributed by atoms with Crippen molar-refractivity contribution >= 4 is 50.7 Å². The van der Waals surface area contributed by atoms with Gasteiger partial charge in [-0.1, -0.05) is 11.6 Å². The second-order valence-electron chi connectivity index (χ2n) is 4.55. The van der Waals surface area contributed by atoms with Gasteiger partial charge < -0.3 is 5.32 Å². The zero-order chi connectivity index (χ0) is 13.2. The van der Waals surface area contributed by atoms with Crippen molar-refractivity contribution in [1.29, 1.82) is 0 Å². The van der Waals surface area contributed by atoms with E-state index < -0.39 is 5.41 Å². The van der Waals surface area contributed by atoms with Crippen LogP contribution in [0.1, 0.15) is 19.4 Å². The summed E-state index contributed by atoms with van der Waals surface area (Å²) in [6.45, 7) is 5.49. The molecule has 0 spiro atoms. The first-order valence-corrected chi connectivity index (χ1v) is 6.81. The molecule has 0 aliphatic carbocycles. The minimum atomic E-state index is -0.613. The first kappa shape index (κ1) is 14.8. The summed E-state index contributed by atoms with van der Waals surface area (Å²) in [6, 6.07) is 3.59. The van der Waals surface area contributed by atoms with Gasteiger partial charge in [0.15, 0.2) is 0 Å². The Balaban J connectivity index is 2.97. The maximum Gasteiger partial charge on any atom is 0.231 e. The molecule has 0 saturated carbocycles. The minimum absolute atomic E-state index is 0.131. The first-order chi connectivity index (χ1) is 7.77. The quantitative estimate of drug-likeness (QED) is 0.801. The molecule has 5 heteroatoms. The molecule has 0 aliphatic rings. The third-order valence-electron chi connectivity index (χ3n) is 2.45. The molecule has 1 N–H and O–H groups in total. The lowest BCUT2D eigenvalue weighted by Gasteiger charge is -2.21. The molecule has 0 saturated heterocycles. The number of benzene rings is 1. The summed E-state index contributed by atoms with van der Waals surface area (Å²) in [5.74, 6) is 0.129. The van der Waals surface area contributed by atoms with E-state index in [9.17, 15) is 4.79 Å². The lowest BCUT2D eigenvalue weighted by Crippen LogP contribution is -2.32. The van der Waals surface area contributed by atoms with Crippen molar-refractivity contribution in [1.82, 2.24) is 0 Å². The number of hydrogen-bond donors (Lipinski definition) is 1. The molecule has 1 rings (SSSR count).